The molecule has 0 saturated carbocycles. The first-order valence-electron chi connectivity index (χ1n) is 10.9. The number of hydrogen-bond acceptors (Lipinski definition) is 5. The summed E-state index contributed by atoms with van der Waals surface area (Å²) in [6.07, 6.45) is 2.26. The molecule has 3 heterocycles. The largest absolute Gasteiger partial charge is 0.378 e. The summed E-state index contributed by atoms with van der Waals surface area (Å²) >= 11 is 0. The monoisotopic (exact) mass is 481 g/mol. The molecule has 1 aromatic carbocycles. The molecule has 33 heavy (non-hydrogen) atoms. The van der Waals surface area contributed by atoms with Crippen molar-refractivity contribution in [2.45, 2.75) is 12.5 Å². The zero-order chi connectivity index (χ0) is 23.6. The van der Waals surface area contributed by atoms with E-state index in [-0.39, 0.29) is 44.6 Å². The van der Waals surface area contributed by atoms with Crippen LogP contribution < -0.4 is 5.73 Å². The zero-order valence-corrected chi connectivity index (χ0v) is 19.0. The normalized spacial score (nSPS) is 23.3. The molecule has 10 nitrogen and oxygen atoms in total. The number of benzene rings is 1. The third-order valence-electron chi connectivity index (χ3n) is 6.22. The first-order chi connectivity index (χ1) is 15.8. The molecule has 0 radical (unpaired) electrons. The van der Waals surface area contributed by atoms with Crippen LogP contribution in [0.2, 0.25) is 0 Å². The smallest absolute Gasteiger partial charge is 0.320 e. The Labute approximate surface area is 192 Å². The molecule has 1 atom stereocenters. The molecule has 0 spiro atoms. The van der Waals surface area contributed by atoms with Crippen molar-refractivity contribution in [2.24, 2.45) is 5.73 Å². The van der Waals surface area contributed by atoms with Crippen LogP contribution in [-0.2, 0) is 19.7 Å². The summed E-state index contributed by atoms with van der Waals surface area (Å²) in [4.78, 5) is 28.1. The van der Waals surface area contributed by atoms with Crippen molar-refractivity contribution >= 4 is 27.7 Å². The minimum atomic E-state index is -3.98. The first kappa shape index (κ1) is 23.6. The topological polar surface area (TPSA) is 116 Å². The fraction of sp³-hybridized carbons (Fsp3) is 0.524. The molecule has 1 aromatic rings. The number of amides is 3. The molecule has 3 aliphatic rings. The highest BCUT2D eigenvalue weighted by Crippen LogP contribution is 2.26. The van der Waals surface area contributed by atoms with Crippen LogP contribution in [0.3, 0.4) is 0 Å². The van der Waals surface area contributed by atoms with Gasteiger partial charge >= 0.3 is 6.03 Å². The number of urea groups is 1. The van der Waals surface area contributed by atoms with Gasteiger partial charge in [0.25, 0.3) is 10.2 Å². The predicted octanol–water partition coefficient (Wildman–Crippen LogP) is 0.0833. The van der Waals surface area contributed by atoms with Crippen molar-refractivity contribution in [3.05, 3.63) is 41.7 Å². The SMILES string of the molecule is NC(=O)[C@H]1CN(C(=O)N2CCOCC2)CCN1S(=O)(=O)N1CC=C(c2ccc(F)cc2)CC1. The fourth-order valence-corrected chi connectivity index (χ4v) is 6.02. The number of carbonyl (C=O) groups is 2. The molecule has 12 heteroatoms. The Morgan fingerprint density at radius 2 is 1.70 bits per heavy atom. The Kier molecular flexibility index (Phi) is 6.98. The van der Waals surface area contributed by atoms with E-state index in [0.29, 0.717) is 32.7 Å². The van der Waals surface area contributed by atoms with E-state index in [9.17, 15) is 22.4 Å². The summed E-state index contributed by atoms with van der Waals surface area (Å²) < 4.78 is 47.6. The Morgan fingerprint density at radius 3 is 2.30 bits per heavy atom. The van der Waals surface area contributed by atoms with Crippen molar-refractivity contribution in [1.29, 1.82) is 0 Å². The summed E-state index contributed by atoms with van der Waals surface area (Å²) in [6.45, 7) is 2.22. The van der Waals surface area contributed by atoms with Gasteiger partial charge in [0.2, 0.25) is 5.91 Å². The van der Waals surface area contributed by atoms with E-state index in [1.807, 2.05) is 0 Å². The number of hydrogen-bond donors (Lipinski definition) is 1. The lowest BCUT2D eigenvalue weighted by atomic mass is 10.0. The van der Waals surface area contributed by atoms with Crippen LogP contribution in [0.15, 0.2) is 30.3 Å². The van der Waals surface area contributed by atoms with Crippen LogP contribution in [0, 0.1) is 5.82 Å². The molecule has 3 amide bonds. The van der Waals surface area contributed by atoms with Gasteiger partial charge in [-0.25, -0.2) is 9.18 Å². The highest BCUT2D eigenvalue weighted by Gasteiger charge is 2.43. The van der Waals surface area contributed by atoms with Gasteiger partial charge in [0.05, 0.1) is 13.2 Å². The molecule has 2 N–H and O–H groups in total. The number of primary amides is 1. The molecule has 2 saturated heterocycles. The molecule has 3 aliphatic heterocycles. The number of nitrogens with two attached hydrogens (primary N) is 1. The van der Waals surface area contributed by atoms with E-state index < -0.39 is 22.2 Å². The van der Waals surface area contributed by atoms with Crippen LogP contribution >= 0.6 is 0 Å². The Bertz CT molecular complexity index is 1030. The van der Waals surface area contributed by atoms with Crippen LogP contribution in [-0.4, -0.2) is 104 Å². The van der Waals surface area contributed by atoms with Gasteiger partial charge in [-0.15, -0.1) is 0 Å². The lowest BCUT2D eigenvalue weighted by Crippen LogP contribution is -2.64. The average Bonchev–Trinajstić information content (AvgIpc) is 2.84. The van der Waals surface area contributed by atoms with E-state index in [2.05, 4.69) is 0 Å². The molecule has 180 valence electrons. The van der Waals surface area contributed by atoms with Crippen LogP contribution in [0.5, 0.6) is 0 Å². The Hall–Kier alpha value is -2.54. The summed E-state index contributed by atoms with van der Waals surface area (Å²) in [5.41, 5.74) is 7.34. The van der Waals surface area contributed by atoms with E-state index in [1.165, 1.54) is 21.3 Å². The maximum Gasteiger partial charge on any atom is 0.320 e. The van der Waals surface area contributed by atoms with Crippen molar-refractivity contribution < 1.29 is 27.1 Å². The van der Waals surface area contributed by atoms with Gasteiger partial charge in [-0.1, -0.05) is 18.2 Å². The molecular weight excluding hydrogens is 453 g/mol. The van der Waals surface area contributed by atoms with Gasteiger partial charge < -0.3 is 20.3 Å². The fourth-order valence-electron chi connectivity index (χ4n) is 4.34. The number of carbonyl (C=O) groups excluding carboxylic acids is 2. The van der Waals surface area contributed by atoms with Gasteiger partial charge in [0.1, 0.15) is 11.9 Å². The van der Waals surface area contributed by atoms with Gasteiger partial charge in [-0.05, 0) is 29.7 Å². The lowest BCUT2D eigenvalue weighted by molar-refractivity contribution is -0.123. The molecule has 0 bridgehead atoms. The third-order valence-corrected chi connectivity index (χ3v) is 8.24. The molecule has 4 rings (SSSR count). The summed E-state index contributed by atoms with van der Waals surface area (Å²) in [5, 5.41) is 0. The van der Waals surface area contributed by atoms with E-state index >= 15 is 0 Å². The minimum Gasteiger partial charge on any atom is -0.378 e. The van der Waals surface area contributed by atoms with Gasteiger partial charge in [0, 0.05) is 45.8 Å². The summed E-state index contributed by atoms with van der Waals surface area (Å²) in [7, 11) is -3.98. The third kappa shape index (κ3) is 5.03. The maximum atomic E-state index is 13.4. The average molecular weight is 482 g/mol. The number of halogens is 1. The first-order valence-corrected chi connectivity index (χ1v) is 12.3. The number of nitrogens with zero attached hydrogens (tertiary/aromatic N) is 4. The van der Waals surface area contributed by atoms with Crippen molar-refractivity contribution in [3.8, 4) is 0 Å². The standard InChI is InChI=1S/C21H28FN5O5S/c22-18-3-1-16(2-4-18)17-5-7-26(8-6-17)33(30,31)27-10-9-25(15-19(27)20(23)28)21(29)24-11-13-32-14-12-24/h1-5,19H,6-15H2,(H2,23,28)/t19-/m1/s1. The Balaban J connectivity index is 1.45. The number of piperazine rings is 1. The lowest BCUT2D eigenvalue weighted by Gasteiger charge is -2.43. The summed E-state index contributed by atoms with van der Waals surface area (Å²) in [5.74, 6) is -1.12. The van der Waals surface area contributed by atoms with E-state index in [4.69, 9.17) is 10.5 Å². The number of morpholine rings is 1. The summed E-state index contributed by atoms with van der Waals surface area (Å²) in [6, 6.07) is 4.68. The minimum absolute atomic E-state index is 0.0168. The van der Waals surface area contributed by atoms with Gasteiger partial charge in [-0.2, -0.15) is 17.0 Å². The predicted molar refractivity (Wildman–Crippen MR) is 119 cm³/mol. The van der Waals surface area contributed by atoms with Crippen LogP contribution in [0.1, 0.15) is 12.0 Å². The molecule has 0 aromatic heterocycles. The van der Waals surface area contributed by atoms with Gasteiger partial charge in [-0.3, -0.25) is 4.79 Å². The van der Waals surface area contributed by atoms with Crippen molar-refractivity contribution in [1.82, 2.24) is 18.4 Å². The van der Waals surface area contributed by atoms with Crippen LogP contribution in [0.25, 0.3) is 5.57 Å². The van der Waals surface area contributed by atoms with Crippen molar-refractivity contribution in [3.63, 3.8) is 0 Å². The molecular formula is C21H28FN5O5S. The second kappa shape index (κ2) is 9.75. The zero-order valence-electron chi connectivity index (χ0n) is 18.2. The Morgan fingerprint density at radius 1 is 1.00 bits per heavy atom. The van der Waals surface area contributed by atoms with E-state index in [0.717, 1.165) is 15.4 Å². The second-order valence-corrected chi connectivity index (χ2v) is 10.1. The molecule has 2 fully saturated rings. The molecule has 0 aliphatic carbocycles. The number of rotatable bonds is 4. The quantitative estimate of drug-likeness (QED) is 0.654. The molecule has 0 unspecified atom stereocenters. The second-order valence-electron chi connectivity index (χ2n) is 8.21. The number of ether oxygens (including phenoxy) is 1. The maximum absolute atomic E-state index is 13.4. The van der Waals surface area contributed by atoms with Crippen molar-refractivity contribution in [2.75, 3.05) is 59.0 Å². The highest BCUT2D eigenvalue weighted by molar-refractivity contribution is 7.86. The van der Waals surface area contributed by atoms with Crippen LogP contribution in [0.4, 0.5) is 9.18 Å². The highest BCUT2D eigenvalue weighted by atomic mass is 32.2. The van der Waals surface area contributed by atoms with Gasteiger partial charge in [0.15, 0.2) is 0 Å². The van der Waals surface area contributed by atoms with E-state index in [1.54, 1.807) is 23.1 Å².